The quantitative estimate of drug-likeness (QED) is 0.732. The van der Waals surface area contributed by atoms with Crippen molar-refractivity contribution in [2.24, 2.45) is 7.05 Å². The summed E-state index contributed by atoms with van der Waals surface area (Å²) in [5.74, 6) is 1.08. The van der Waals surface area contributed by atoms with Gasteiger partial charge in [0.25, 0.3) is 0 Å². The van der Waals surface area contributed by atoms with E-state index in [1.54, 1.807) is 6.33 Å². The smallest absolute Gasteiger partial charge is 0.152 e. The van der Waals surface area contributed by atoms with Gasteiger partial charge in [0.2, 0.25) is 0 Å². The van der Waals surface area contributed by atoms with Gasteiger partial charge in [-0.25, -0.2) is 0 Å². The van der Waals surface area contributed by atoms with Crippen LogP contribution in [0.3, 0.4) is 0 Å². The Morgan fingerprint density at radius 3 is 3.00 bits per heavy atom. The van der Waals surface area contributed by atoms with Gasteiger partial charge in [0.1, 0.15) is 6.33 Å². The van der Waals surface area contributed by atoms with Gasteiger partial charge in [-0.15, -0.1) is 10.2 Å². The highest BCUT2D eigenvalue weighted by Gasteiger charge is 2.37. The summed E-state index contributed by atoms with van der Waals surface area (Å²) in [4.78, 5) is 0. The molecule has 1 N–H and O–H groups in total. The summed E-state index contributed by atoms with van der Waals surface area (Å²) in [6.07, 6.45) is 5.27. The topological polar surface area (TPSA) is 42.7 Å². The molecule has 4 nitrogen and oxygen atoms in total. The molecule has 72 valence electrons. The lowest BCUT2D eigenvalue weighted by atomic mass is 9.93. The Kier molecular flexibility index (Phi) is 2.07. The molecule has 1 aromatic rings. The SMILES string of the molecule is CCC1(c2nncn2C)CCCN1. The van der Waals surface area contributed by atoms with Crippen LogP contribution in [0.2, 0.25) is 0 Å². The van der Waals surface area contributed by atoms with Crippen LogP contribution in [0.25, 0.3) is 0 Å². The van der Waals surface area contributed by atoms with E-state index >= 15 is 0 Å². The number of rotatable bonds is 2. The zero-order chi connectivity index (χ0) is 9.31. The van der Waals surface area contributed by atoms with Crippen molar-refractivity contribution in [3.05, 3.63) is 12.2 Å². The first-order valence-electron chi connectivity index (χ1n) is 4.88. The monoisotopic (exact) mass is 180 g/mol. The molecular formula is C9H16N4. The number of hydrogen-bond acceptors (Lipinski definition) is 3. The minimum atomic E-state index is 0.0885. The first-order chi connectivity index (χ1) is 6.28. The fraction of sp³-hybridized carbons (Fsp3) is 0.778. The highest BCUT2D eigenvalue weighted by Crippen LogP contribution is 2.31. The summed E-state index contributed by atoms with van der Waals surface area (Å²) in [7, 11) is 2.01. The standard InChI is InChI=1S/C9H16N4/c1-3-9(5-4-6-10-9)8-12-11-7-13(8)2/h7,10H,3-6H2,1-2H3. The normalized spacial score (nSPS) is 28.2. The lowest BCUT2D eigenvalue weighted by Crippen LogP contribution is -2.38. The largest absolute Gasteiger partial charge is 0.319 e. The van der Waals surface area contributed by atoms with Crippen LogP contribution in [0.15, 0.2) is 6.33 Å². The summed E-state index contributed by atoms with van der Waals surface area (Å²) in [6.45, 7) is 3.30. The molecule has 2 heterocycles. The van der Waals surface area contributed by atoms with Crippen molar-refractivity contribution >= 4 is 0 Å². The van der Waals surface area contributed by atoms with E-state index < -0.39 is 0 Å². The Hall–Kier alpha value is -0.900. The molecule has 1 aromatic heterocycles. The van der Waals surface area contributed by atoms with Crippen molar-refractivity contribution in [1.82, 2.24) is 20.1 Å². The molecule has 4 heteroatoms. The zero-order valence-electron chi connectivity index (χ0n) is 8.25. The summed E-state index contributed by atoms with van der Waals surface area (Å²) in [5.41, 5.74) is 0.0885. The predicted molar refractivity (Wildman–Crippen MR) is 50.2 cm³/mol. The van der Waals surface area contributed by atoms with Crippen molar-refractivity contribution < 1.29 is 0 Å². The van der Waals surface area contributed by atoms with E-state index in [2.05, 4.69) is 22.4 Å². The minimum Gasteiger partial charge on any atom is -0.319 e. The van der Waals surface area contributed by atoms with Gasteiger partial charge in [-0.05, 0) is 25.8 Å². The predicted octanol–water partition coefficient (Wildman–Crippen LogP) is 0.804. The molecule has 1 unspecified atom stereocenters. The fourth-order valence-corrected chi connectivity index (χ4v) is 2.17. The van der Waals surface area contributed by atoms with Gasteiger partial charge in [-0.2, -0.15) is 0 Å². The van der Waals surface area contributed by atoms with Crippen LogP contribution < -0.4 is 5.32 Å². The number of nitrogens with one attached hydrogen (secondary N) is 1. The van der Waals surface area contributed by atoms with Crippen LogP contribution in [-0.4, -0.2) is 21.3 Å². The van der Waals surface area contributed by atoms with Crippen molar-refractivity contribution in [2.45, 2.75) is 31.7 Å². The fourth-order valence-electron chi connectivity index (χ4n) is 2.17. The van der Waals surface area contributed by atoms with Gasteiger partial charge in [0.05, 0.1) is 5.54 Å². The van der Waals surface area contributed by atoms with Crippen molar-refractivity contribution in [1.29, 1.82) is 0 Å². The van der Waals surface area contributed by atoms with Crippen LogP contribution in [0.5, 0.6) is 0 Å². The van der Waals surface area contributed by atoms with Gasteiger partial charge in [-0.1, -0.05) is 6.92 Å². The van der Waals surface area contributed by atoms with E-state index in [0.717, 1.165) is 18.8 Å². The number of aryl methyl sites for hydroxylation is 1. The third-order valence-corrected chi connectivity index (χ3v) is 2.99. The first kappa shape index (κ1) is 8.69. The summed E-state index contributed by atoms with van der Waals surface area (Å²) >= 11 is 0. The third-order valence-electron chi connectivity index (χ3n) is 2.99. The molecule has 0 saturated carbocycles. The maximum absolute atomic E-state index is 4.19. The van der Waals surface area contributed by atoms with Crippen LogP contribution >= 0.6 is 0 Å². The second kappa shape index (κ2) is 3.10. The van der Waals surface area contributed by atoms with E-state index in [1.165, 1.54) is 12.8 Å². The minimum absolute atomic E-state index is 0.0885. The van der Waals surface area contributed by atoms with Crippen LogP contribution in [0, 0.1) is 0 Å². The van der Waals surface area contributed by atoms with Gasteiger partial charge in [0.15, 0.2) is 5.82 Å². The number of aromatic nitrogens is 3. The Labute approximate surface area is 78.4 Å². The molecule has 13 heavy (non-hydrogen) atoms. The maximum Gasteiger partial charge on any atom is 0.152 e. The highest BCUT2D eigenvalue weighted by atomic mass is 15.3. The molecule has 0 spiro atoms. The summed E-state index contributed by atoms with van der Waals surface area (Å²) in [5, 5.41) is 11.7. The maximum atomic E-state index is 4.19. The molecular weight excluding hydrogens is 164 g/mol. The number of nitrogens with zero attached hydrogens (tertiary/aromatic N) is 3. The highest BCUT2D eigenvalue weighted by molar-refractivity contribution is 5.08. The molecule has 1 fully saturated rings. The Balaban J connectivity index is 2.36. The second-order valence-electron chi connectivity index (χ2n) is 3.73. The molecule has 1 aliphatic heterocycles. The lowest BCUT2D eigenvalue weighted by Gasteiger charge is -2.26. The van der Waals surface area contributed by atoms with E-state index in [-0.39, 0.29) is 5.54 Å². The van der Waals surface area contributed by atoms with Crippen molar-refractivity contribution in [2.75, 3.05) is 6.54 Å². The van der Waals surface area contributed by atoms with Gasteiger partial charge in [0, 0.05) is 7.05 Å². The van der Waals surface area contributed by atoms with E-state index in [1.807, 2.05) is 11.6 Å². The average molecular weight is 180 g/mol. The number of hydrogen-bond donors (Lipinski definition) is 1. The molecule has 0 aliphatic carbocycles. The van der Waals surface area contributed by atoms with Gasteiger partial charge >= 0.3 is 0 Å². The Morgan fingerprint density at radius 1 is 1.69 bits per heavy atom. The van der Waals surface area contributed by atoms with Crippen LogP contribution in [-0.2, 0) is 12.6 Å². The molecule has 1 atom stereocenters. The molecule has 0 bridgehead atoms. The van der Waals surface area contributed by atoms with Gasteiger partial charge < -0.3 is 9.88 Å². The van der Waals surface area contributed by atoms with E-state index in [9.17, 15) is 0 Å². The van der Waals surface area contributed by atoms with Crippen LogP contribution in [0.4, 0.5) is 0 Å². The van der Waals surface area contributed by atoms with E-state index in [4.69, 9.17) is 0 Å². The molecule has 1 saturated heterocycles. The molecule has 0 aromatic carbocycles. The molecule has 0 radical (unpaired) electrons. The van der Waals surface area contributed by atoms with Crippen LogP contribution in [0.1, 0.15) is 32.0 Å². The van der Waals surface area contributed by atoms with Crippen molar-refractivity contribution in [3.63, 3.8) is 0 Å². The van der Waals surface area contributed by atoms with E-state index in [0.29, 0.717) is 0 Å². The molecule has 1 aliphatic rings. The summed E-state index contributed by atoms with van der Waals surface area (Å²) < 4.78 is 2.02. The first-order valence-corrected chi connectivity index (χ1v) is 4.88. The Bertz CT molecular complexity index is 286. The van der Waals surface area contributed by atoms with Gasteiger partial charge in [-0.3, -0.25) is 0 Å². The van der Waals surface area contributed by atoms with Crippen molar-refractivity contribution in [3.8, 4) is 0 Å². The Morgan fingerprint density at radius 2 is 2.54 bits per heavy atom. The molecule has 2 rings (SSSR count). The third kappa shape index (κ3) is 1.25. The lowest BCUT2D eigenvalue weighted by molar-refractivity contribution is 0.342. The molecule has 0 amide bonds. The summed E-state index contributed by atoms with van der Waals surface area (Å²) in [6, 6.07) is 0. The second-order valence-corrected chi connectivity index (χ2v) is 3.73. The average Bonchev–Trinajstić information content (AvgIpc) is 2.73. The zero-order valence-corrected chi connectivity index (χ0v) is 8.25.